The van der Waals surface area contributed by atoms with Crippen molar-refractivity contribution in [1.82, 2.24) is 10.3 Å². The van der Waals surface area contributed by atoms with E-state index in [1.807, 2.05) is 20.8 Å². The molecule has 0 spiro atoms. The van der Waals surface area contributed by atoms with Crippen molar-refractivity contribution < 1.29 is 13.2 Å². The van der Waals surface area contributed by atoms with Crippen molar-refractivity contribution >= 4 is 16.5 Å². The number of thiazole rings is 1. The number of rotatable bonds is 6. The molecule has 0 aromatic carbocycles. The van der Waals surface area contributed by atoms with E-state index < -0.39 is 12.7 Å². The lowest BCUT2D eigenvalue weighted by atomic mass is 10.3. The second-order valence-corrected chi connectivity index (χ2v) is 5.79. The number of nitrogens with zero attached hydrogens (tertiary/aromatic N) is 2. The maximum Gasteiger partial charge on any atom is 0.405 e. The molecule has 0 fully saturated rings. The molecule has 7 heteroatoms. The Bertz CT molecular complexity index is 401. The van der Waals surface area contributed by atoms with E-state index in [0.29, 0.717) is 17.7 Å². The van der Waals surface area contributed by atoms with Gasteiger partial charge in [-0.3, -0.25) is 0 Å². The van der Waals surface area contributed by atoms with E-state index >= 15 is 0 Å². The summed E-state index contributed by atoms with van der Waals surface area (Å²) in [6.07, 6.45) is -3.48. The molecule has 19 heavy (non-hydrogen) atoms. The Morgan fingerprint density at radius 3 is 2.47 bits per heavy atom. The number of alkyl halides is 3. The van der Waals surface area contributed by atoms with Crippen molar-refractivity contribution in [3.8, 4) is 0 Å². The lowest BCUT2D eigenvalue weighted by Gasteiger charge is -2.17. The molecule has 0 aliphatic carbocycles. The monoisotopic (exact) mass is 295 g/mol. The number of nitrogens with one attached hydrogen (secondary N) is 1. The van der Waals surface area contributed by atoms with Gasteiger partial charge in [0.25, 0.3) is 0 Å². The quantitative estimate of drug-likeness (QED) is 0.873. The first-order valence-electron chi connectivity index (χ1n) is 6.22. The average Bonchev–Trinajstić information content (AvgIpc) is 2.67. The third-order valence-corrected chi connectivity index (χ3v) is 3.73. The Balaban J connectivity index is 2.80. The third kappa shape index (κ3) is 5.36. The molecule has 0 radical (unpaired) electrons. The molecule has 0 atom stereocenters. The van der Waals surface area contributed by atoms with Crippen LogP contribution < -0.4 is 10.2 Å². The first-order chi connectivity index (χ1) is 8.73. The summed E-state index contributed by atoms with van der Waals surface area (Å²) in [4.78, 5) is 6.46. The SMILES string of the molecule is CCc1nc(N(C)CC(F)(F)F)sc1CNC(C)C. The molecule has 0 saturated heterocycles. The summed E-state index contributed by atoms with van der Waals surface area (Å²) >= 11 is 1.33. The van der Waals surface area contributed by atoms with Gasteiger partial charge >= 0.3 is 6.18 Å². The largest absolute Gasteiger partial charge is 0.405 e. The number of anilines is 1. The normalized spacial score (nSPS) is 12.2. The van der Waals surface area contributed by atoms with E-state index in [1.54, 1.807) is 0 Å². The van der Waals surface area contributed by atoms with Crippen molar-refractivity contribution in [2.45, 2.75) is 46.0 Å². The summed E-state index contributed by atoms with van der Waals surface area (Å²) in [6, 6.07) is 0.336. The summed E-state index contributed by atoms with van der Waals surface area (Å²) in [5, 5.41) is 3.69. The van der Waals surface area contributed by atoms with Crippen molar-refractivity contribution in [2.24, 2.45) is 0 Å². The van der Waals surface area contributed by atoms with Crippen LogP contribution in [0.1, 0.15) is 31.3 Å². The number of aromatic nitrogens is 1. The summed E-state index contributed by atoms with van der Waals surface area (Å²) in [7, 11) is 1.42. The van der Waals surface area contributed by atoms with Crippen LogP contribution in [-0.2, 0) is 13.0 Å². The van der Waals surface area contributed by atoms with Gasteiger partial charge in [-0.1, -0.05) is 20.8 Å². The van der Waals surface area contributed by atoms with E-state index in [-0.39, 0.29) is 0 Å². The summed E-state index contributed by atoms with van der Waals surface area (Å²) < 4.78 is 37.1. The van der Waals surface area contributed by atoms with Crippen molar-refractivity contribution in [2.75, 3.05) is 18.5 Å². The summed E-state index contributed by atoms with van der Waals surface area (Å²) in [6.45, 7) is 5.70. The van der Waals surface area contributed by atoms with Crippen LogP contribution in [0.15, 0.2) is 0 Å². The van der Waals surface area contributed by atoms with Gasteiger partial charge < -0.3 is 10.2 Å². The van der Waals surface area contributed by atoms with Gasteiger partial charge in [-0.15, -0.1) is 11.3 Å². The van der Waals surface area contributed by atoms with Gasteiger partial charge in [0, 0.05) is 24.5 Å². The second-order valence-electron chi connectivity index (χ2n) is 4.73. The van der Waals surface area contributed by atoms with Crippen molar-refractivity contribution in [3.63, 3.8) is 0 Å². The zero-order valence-corrected chi connectivity index (χ0v) is 12.5. The van der Waals surface area contributed by atoms with Crippen molar-refractivity contribution in [3.05, 3.63) is 10.6 Å². The molecule has 0 saturated carbocycles. The minimum Gasteiger partial charge on any atom is -0.342 e. The summed E-state index contributed by atoms with van der Waals surface area (Å²) in [5.41, 5.74) is 0.877. The molecular weight excluding hydrogens is 275 g/mol. The molecule has 0 aliphatic rings. The van der Waals surface area contributed by atoms with Crippen LogP contribution in [-0.4, -0.2) is 30.8 Å². The number of halogens is 3. The average molecular weight is 295 g/mol. The number of aryl methyl sites for hydroxylation is 1. The van der Waals surface area contributed by atoms with Gasteiger partial charge in [-0.2, -0.15) is 13.2 Å². The van der Waals surface area contributed by atoms with Crippen LogP contribution >= 0.6 is 11.3 Å². The van der Waals surface area contributed by atoms with Gasteiger partial charge in [0.2, 0.25) is 0 Å². The molecule has 1 aromatic rings. The number of hydrogen-bond donors (Lipinski definition) is 1. The summed E-state index contributed by atoms with van der Waals surface area (Å²) in [5.74, 6) is 0. The van der Waals surface area contributed by atoms with E-state index in [0.717, 1.165) is 21.9 Å². The minimum absolute atomic E-state index is 0.336. The first kappa shape index (κ1) is 16.2. The highest BCUT2D eigenvalue weighted by molar-refractivity contribution is 7.15. The fraction of sp³-hybridized carbons (Fsp3) is 0.750. The Hall–Kier alpha value is -0.820. The molecule has 0 amide bonds. The fourth-order valence-corrected chi connectivity index (χ4v) is 2.64. The molecule has 1 aromatic heterocycles. The van der Waals surface area contributed by atoms with Crippen LogP contribution in [0.25, 0.3) is 0 Å². The lowest BCUT2D eigenvalue weighted by Crippen LogP contribution is -2.30. The van der Waals surface area contributed by atoms with Crippen molar-refractivity contribution in [1.29, 1.82) is 0 Å². The zero-order chi connectivity index (χ0) is 14.6. The molecule has 1 rings (SSSR count). The van der Waals surface area contributed by atoms with Gasteiger partial charge in [-0.05, 0) is 6.42 Å². The topological polar surface area (TPSA) is 28.2 Å². The zero-order valence-electron chi connectivity index (χ0n) is 11.6. The van der Waals surface area contributed by atoms with Gasteiger partial charge in [0.15, 0.2) is 5.13 Å². The standard InChI is InChI=1S/C12H20F3N3S/c1-5-9-10(6-16-8(2)3)19-11(17-9)18(4)7-12(13,14)15/h8,16H,5-7H2,1-4H3. The van der Waals surface area contributed by atoms with Gasteiger partial charge in [0.05, 0.1) is 5.69 Å². The molecule has 110 valence electrons. The highest BCUT2D eigenvalue weighted by atomic mass is 32.1. The minimum atomic E-state index is -4.21. The molecule has 0 aliphatic heterocycles. The van der Waals surface area contributed by atoms with E-state index in [9.17, 15) is 13.2 Å². The highest BCUT2D eigenvalue weighted by Crippen LogP contribution is 2.28. The maximum atomic E-state index is 12.4. The Morgan fingerprint density at radius 2 is 2.00 bits per heavy atom. The van der Waals surface area contributed by atoms with E-state index in [2.05, 4.69) is 10.3 Å². The van der Waals surface area contributed by atoms with Crippen LogP contribution in [0.5, 0.6) is 0 Å². The van der Waals surface area contributed by atoms with E-state index in [1.165, 1.54) is 18.4 Å². The van der Waals surface area contributed by atoms with Gasteiger partial charge in [0.1, 0.15) is 6.54 Å². The van der Waals surface area contributed by atoms with Gasteiger partial charge in [-0.25, -0.2) is 4.98 Å². The Kier molecular flexibility index (Phi) is 5.61. The predicted molar refractivity (Wildman–Crippen MR) is 72.8 cm³/mol. The Labute approximate surface area is 115 Å². The molecule has 0 unspecified atom stereocenters. The number of hydrogen-bond acceptors (Lipinski definition) is 4. The maximum absolute atomic E-state index is 12.4. The second kappa shape index (κ2) is 6.56. The van der Waals surface area contributed by atoms with Crippen LogP contribution in [0, 0.1) is 0 Å². The Morgan fingerprint density at radius 1 is 1.37 bits per heavy atom. The molecule has 1 heterocycles. The fourth-order valence-electron chi connectivity index (χ4n) is 1.58. The molecule has 3 nitrogen and oxygen atoms in total. The van der Waals surface area contributed by atoms with Crippen LogP contribution in [0.3, 0.4) is 0 Å². The first-order valence-corrected chi connectivity index (χ1v) is 7.04. The molecule has 0 bridgehead atoms. The predicted octanol–water partition coefficient (Wildman–Crippen LogP) is 3.20. The smallest absolute Gasteiger partial charge is 0.342 e. The molecule has 1 N–H and O–H groups in total. The van der Waals surface area contributed by atoms with E-state index in [4.69, 9.17) is 0 Å². The lowest BCUT2D eigenvalue weighted by molar-refractivity contribution is -0.119. The third-order valence-electron chi connectivity index (χ3n) is 2.52. The van der Waals surface area contributed by atoms with Crippen LogP contribution in [0.2, 0.25) is 0 Å². The molecular formula is C12H20F3N3S. The highest BCUT2D eigenvalue weighted by Gasteiger charge is 2.30. The van der Waals surface area contributed by atoms with Crippen LogP contribution in [0.4, 0.5) is 18.3 Å².